The molecule has 1 N–H and O–H groups in total. The fourth-order valence-electron chi connectivity index (χ4n) is 1.43. The largest absolute Gasteiger partial charge is 0.508 e. The van der Waals surface area contributed by atoms with Crippen LogP contribution in [0, 0.1) is 0 Å². The Bertz CT molecular complexity index is 374. The van der Waals surface area contributed by atoms with Crippen molar-refractivity contribution in [3.63, 3.8) is 0 Å². The van der Waals surface area contributed by atoms with Crippen LogP contribution in [-0.4, -0.2) is 18.2 Å². The molecule has 0 aliphatic heterocycles. The highest BCUT2D eigenvalue weighted by atomic mass is 79.9. The maximum Gasteiger partial charge on any atom is 0.338 e. The minimum atomic E-state index is -0.421. The minimum absolute atomic E-state index is 0.131. The Hall–Kier alpha value is -1.03. The van der Waals surface area contributed by atoms with Gasteiger partial charge in [0, 0.05) is 10.0 Å². The summed E-state index contributed by atoms with van der Waals surface area (Å²) in [4.78, 5) is 11.5. The van der Waals surface area contributed by atoms with E-state index in [9.17, 15) is 9.90 Å². The molecule has 0 aliphatic rings. The summed E-state index contributed by atoms with van der Waals surface area (Å²) in [5, 5.41) is 9.71. The first kappa shape index (κ1) is 12.0. The molecule has 0 atom stereocenters. The van der Waals surface area contributed by atoms with Crippen LogP contribution in [0.25, 0.3) is 0 Å². The molecule has 0 radical (unpaired) electrons. The molecule has 0 bridgehead atoms. The Balaban J connectivity index is 3.26. The molecule has 0 saturated heterocycles. The molecule has 0 aromatic heterocycles. The standard InChI is InChI=1S/C11H13BrO3/c1-3-4-8-9(11(14)15-2)5-7(12)6-10(8)13/h5-6,13H,3-4H2,1-2H3. The number of carbonyl (C=O) groups excluding carboxylic acids is 1. The smallest absolute Gasteiger partial charge is 0.338 e. The average molecular weight is 273 g/mol. The fourth-order valence-corrected chi connectivity index (χ4v) is 1.87. The van der Waals surface area contributed by atoms with Gasteiger partial charge in [-0.2, -0.15) is 0 Å². The third-order valence-corrected chi connectivity index (χ3v) is 2.55. The van der Waals surface area contributed by atoms with E-state index in [4.69, 9.17) is 0 Å². The molecule has 0 unspecified atom stereocenters. The monoisotopic (exact) mass is 272 g/mol. The predicted octanol–water partition coefficient (Wildman–Crippen LogP) is 2.89. The first-order valence-electron chi connectivity index (χ1n) is 4.69. The summed E-state index contributed by atoms with van der Waals surface area (Å²) >= 11 is 3.23. The number of carbonyl (C=O) groups is 1. The van der Waals surface area contributed by atoms with Gasteiger partial charge in [0.05, 0.1) is 12.7 Å². The van der Waals surface area contributed by atoms with Crippen molar-refractivity contribution in [2.45, 2.75) is 19.8 Å². The highest BCUT2D eigenvalue weighted by Gasteiger charge is 2.15. The molecule has 82 valence electrons. The molecule has 0 saturated carbocycles. The lowest BCUT2D eigenvalue weighted by molar-refractivity contribution is 0.0599. The van der Waals surface area contributed by atoms with Gasteiger partial charge in [0.2, 0.25) is 0 Å². The molecule has 0 fully saturated rings. The number of hydrogen-bond donors (Lipinski definition) is 1. The van der Waals surface area contributed by atoms with E-state index in [0.29, 0.717) is 22.0 Å². The van der Waals surface area contributed by atoms with Crippen molar-refractivity contribution in [2.75, 3.05) is 7.11 Å². The number of esters is 1. The van der Waals surface area contributed by atoms with Crippen LogP contribution in [0.15, 0.2) is 16.6 Å². The van der Waals surface area contributed by atoms with Gasteiger partial charge in [-0.05, 0) is 18.6 Å². The SMILES string of the molecule is CCCc1c(O)cc(Br)cc1C(=O)OC. The van der Waals surface area contributed by atoms with Gasteiger partial charge in [-0.1, -0.05) is 29.3 Å². The zero-order chi connectivity index (χ0) is 11.4. The summed E-state index contributed by atoms with van der Waals surface area (Å²) in [7, 11) is 1.33. The summed E-state index contributed by atoms with van der Waals surface area (Å²) in [6, 6.07) is 3.24. The Labute approximate surface area is 97.2 Å². The van der Waals surface area contributed by atoms with Crippen molar-refractivity contribution < 1.29 is 14.6 Å². The number of rotatable bonds is 3. The van der Waals surface area contributed by atoms with E-state index in [2.05, 4.69) is 20.7 Å². The highest BCUT2D eigenvalue weighted by Crippen LogP contribution is 2.28. The molecule has 3 nitrogen and oxygen atoms in total. The molecule has 15 heavy (non-hydrogen) atoms. The molecule has 1 aromatic rings. The summed E-state index contributed by atoms with van der Waals surface area (Å²) in [5.74, 6) is -0.290. The summed E-state index contributed by atoms with van der Waals surface area (Å²) < 4.78 is 5.33. The Kier molecular flexibility index (Phi) is 4.15. The van der Waals surface area contributed by atoms with Gasteiger partial charge in [0.25, 0.3) is 0 Å². The molecule has 1 aromatic carbocycles. The molecule has 1 rings (SSSR count). The molecule has 0 heterocycles. The van der Waals surface area contributed by atoms with Crippen LogP contribution in [0.3, 0.4) is 0 Å². The van der Waals surface area contributed by atoms with E-state index in [1.54, 1.807) is 12.1 Å². The van der Waals surface area contributed by atoms with Gasteiger partial charge >= 0.3 is 5.97 Å². The van der Waals surface area contributed by atoms with E-state index >= 15 is 0 Å². The van der Waals surface area contributed by atoms with Gasteiger partial charge in [0.1, 0.15) is 5.75 Å². The van der Waals surface area contributed by atoms with Crippen LogP contribution in [0.1, 0.15) is 29.3 Å². The second-order valence-corrected chi connectivity index (χ2v) is 4.11. The number of methoxy groups -OCH3 is 1. The minimum Gasteiger partial charge on any atom is -0.508 e. The maximum atomic E-state index is 11.5. The molecule has 0 spiro atoms. The molecule has 4 heteroatoms. The van der Waals surface area contributed by atoms with E-state index in [-0.39, 0.29) is 5.75 Å². The van der Waals surface area contributed by atoms with Crippen LogP contribution >= 0.6 is 15.9 Å². The van der Waals surface area contributed by atoms with E-state index in [1.807, 2.05) is 6.92 Å². The van der Waals surface area contributed by atoms with E-state index in [1.165, 1.54) is 7.11 Å². The second-order valence-electron chi connectivity index (χ2n) is 3.19. The zero-order valence-electron chi connectivity index (χ0n) is 8.71. The number of phenolic OH excluding ortho intramolecular Hbond substituents is 1. The van der Waals surface area contributed by atoms with Gasteiger partial charge in [0.15, 0.2) is 0 Å². The van der Waals surface area contributed by atoms with E-state index in [0.717, 1.165) is 6.42 Å². The lowest BCUT2D eigenvalue weighted by Crippen LogP contribution is -2.06. The predicted molar refractivity (Wildman–Crippen MR) is 61.1 cm³/mol. The van der Waals surface area contributed by atoms with Crippen molar-refractivity contribution in [1.29, 1.82) is 0 Å². The number of aromatic hydroxyl groups is 1. The van der Waals surface area contributed by atoms with Gasteiger partial charge in [-0.3, -0.25) is 0 Å². The van der Waals surface area contributed by atoms with Crippen LogP contribution in [0.2, 0.25) is 0 Å². The Morgan fingerprint density at radius 3 is 2.73 bits per heavy atom. The fraction of sp³-hybridized carbons (Fsp3) is 0.364. The Morgan fingerprint density at radius 2 is 2.20 bits per heavy atom. The zero-order valence-corrected chi connectivity index (χ0v) is 10.3. The van der Waals surface area contributed by atoms with Crippen molar-refractivity contribution in [2.24, 2.45) is 0 Å². The molecule has 0 amide bonds. The maximum absolute atomic E-state index is 11.5. The number of halogens is 1. The van der Waals surface area contributed by atoms with Crippen LogP contribution in [0.5, 0.6) is 5.75 Å². The first-order chi connectivity index (χ1) is 7.10. The Morgan fingerprint density at radius 1 is 1.53 bits per heavy atom. The number of phenols is 1. The quantitative estimate of drug-likeness (QED) is 0.861. The topological polar surface area (TPSA) is 46.5 Å². The molecule has 0 aliphatic carbocycles. The number of ether oxygens (including phenoxy) is 1. The summed E-state index contributed by atoms with van der Waals surface area (Å²) in [6.07, 6.45) is 1.52. The third-order valence-electron chi connectivity index (χ3n) is 2.10. The highest BCUT2D eigenvalue weighted by molar-refractivity contribution is 9.10. The van der Waals surface area contributed by atoms with Crippen molar-refractivity contribution in [3.8, 4) is 5.75 Å². The molecular formula is C11H13BrO3. The van der Waals surface area contributed by atoms with Gasteiger partial charge < -0.3 is 9.84 Å². The van der Waals surface area contributed by atoms with Gasteiger partial charge in [-0.15, -0.1) is 0 Å². The number of benzene rings is 1. The summed E-state index contributed by atoms with van der Waals surface area (Å²) in [5.41, 5.74) is 1.07. The van der Waals surface area contributed by atoms with Crippen molar-refractivity contribution >= 4 is 21.9 Å². The average Bonchev–Trinajstić information content (AvgIpc) is 2.20. The van der Waals surface area contributed by atoms with Crippen molar-refractivity contribution in [1.82, 2.24) is 0 Å². The number of hydrogen-bond acceptors (Lipinski definition) is 3. The third kappa shape index (κ3) is 2.72. The first-order valence-corrected chi connectivity index (χ1v) is 5.49. The normalized spacial score (nSPS) is 10.1. The summed E-state index contributed by atoms with van der Waals surface area (Å²) in [6.45, 7) is 1.99. The van der Waals surface area contributed by atoms with Crippen LogP contribution in [-0.2, 0) is 11.2 Å². The van der Waals surface area contributed by atoms with Gasteiger partial charge in [-0.25, -0.2) is 4.79 Å². The lowest BCUT2D eigenvalue weighted by atomic mass is 10.0. The lowest BCUT2D eigenvalue weighted by Gasteiger charge is -2.09. The van der Waals surface area contributed by atoms with Crippen molar-refractivity contribution in [3.05, 3.63) is 27.7 Å². The van der Waals surface area contributed by atoms with E-state index < -0.39 is 5.97 Å². The molecular weight excluding hydrogens is 260 g/mol. The second kappa shape index (κ2) is 5.16. The van der Waals surface area contributed by atoms with Crippen LogP contribution in [0.4, 0.5) is 0 Å². The van der Waals surface area contributed by atoms with Crippen LogP contribution < -0.4 is 0 Å².